The van der Waals surface area contributed by atoms with E-state index in [1.54, 1.807) is 35.1 Å². The number of methoxy groups -OCH3 is 1. The number of nitrogens with one attached hydrogen (secondary N) is 1. The Hall–Kier alpha value is -3.87. The molecular formula is C26H26FN3O3. The lowest BCUT2D eigenvalue weighted by Gasteiger charge is -2.23. The van der Waals surface area contributed by atoms with Crippen molar-refractivity contribution in [2.24, 2.45) is 0 Å². The minimum atomic E-state index is -0.529. The maximum atomic E-state index is 14.1. The molecule has 7 heteroatoms. The van der Waals surface area contributed by atoms with Gasteiger partial charge < -0.3 is 19.9 Å². The number of halogens is 1. The van der Waals surface area contributed by atoms with Gasteiger partial charge in [0.25, 0.3) is 11.8 Å². The van der Waals surface area contributed by atoms with Crippen LogP contribution in [0, 0.1) is 5.82 Å². The van der Waals surface area contributed by atoms with Gasteiger partial charge in [0.15, 0.2) is 0 Å². The summed E-state index contributed by atoms with van der Waals surface area (Å²) in [6.45, 7) is 1.74. The number of rotatable bonds is 5. The van der Waals surface area contributed by atoms with Crippen molar-refractivity contribution in [3.8, 4) is 5.75 Å². The van der Waals surface area contributed by atoms with Gasteiger partial charge in [0.2, 0.25) is 0 Å². The molecule has 33 heavy (non-hydrogen) atoms. The summed E-state index contributed by atoms with van der Waals surface area (Å²) in [5, 5.41) is 3.30. The van der Waals surface area contributed by atoms with E-state index in [1.165, 1.54) is 12.1 Å². The van der Waals surface area contributed by atoms with Gasteiger partial charge in [-0.25, -0.2) is 4.39 Å². The van der Waals surface area contributed by atoms with E-state index >= 15 is 0 Å². The van der Waals surface area contributed by atoms with E-state index < -0.39 is 5.82 Å². The van der Waals surface area contributed by atoms with Crippen molar-refractivity contribution >= 4 is 23.2 Å². The van der Waals surface area contributed by atoms with Crippen molar-refractivity contribution in [2.75, 3.05) is 38.6 Å². The summed E-state index contributed by atoms with van der Waals surface area (Å²) in [6.07, 6.45) is 0.625. The third-order valence-electron chi connectivity index (χ3n) is 5.70. The van der Waals surface area contributed by atoms with Gasteiger partial charge >= 0.3 is 0 Å². The molecule has 0 aliphatic carbocycles. The largest absolute Gasteiger partial charge is 0.497 e. The quantitative estimate of drug-likeness (QED) is 0.623. The number of ether oxygens (including phenoxy) is 1. The van der Waals surface area contributed by atoms with Gasteiger partial charge in [-0.2, -0.15) is 0 Å². The monoisotopic (exact) mass is 447 g/mol. The highest BCUT2D eigenvalue weighted by molar-refractivity contribution is 6.00. The minimum absolute atomic E-state index is 0.0614. The van der Waals surface area contributed by atoms with E-state index in [-0.39, 0.29) is 17.4 Å². The molecule has 0 atom stereocenters. The zero-order chi connectivity index (χ0) is 23.2. The molecule has 1 aliphatic heterocycles. The third kappa shape index (κ3) is 5.14. The summed E-state index contributed by atoms with van der Waals surface area (Å²) in [5.41, 5.74) is 2.17. The van der Waals surface area contributed by atoms with E-state index in [4.69, 9.17) is 4.74 Å². The molecule has 6 nitrogen and oxygen atoms in total. The van der Waals surface area contributed by atoms with Gasteiger partial charge in [0, 0.05) is 31.9 Å². The third-order valence-corrected chi connectivity index (χ3v) is 5.70. The van der Waals surface area contributed by atoms with Crippen molar-refractivity contribution in [1.29, 1.82) is 0 Å². The Morgan fingerprint density at radius 3 is 2.00 bits per heavy atom. The standard InChI is InChI=1S/C26H26FN3O3/c1-33-20-13-11-19(12-14-20)28-24-10-5-3-8-22(24)26(32)30-16-6-15-29(17-18-30)25(31)21-7-2-4-9-23(21)27/h2-5,7-14,28H,6,15-18H2,1H3. The lowest BCUT2D eigenvalue weighted by molar-refractivity contribution is 0.0716. The second-order valence-corrected chi connectivity index (χ2v) is 7.82. The molecule has 2 amide bonds. The normalized spacial score (nSPS) is 13.9. The molecule has 1 N–H and O–H groups in total. The first kappa shape index (κ1) is 22.3. The Kier molecular flexibility index (Phi) is 6.88. The van der Waals surface area contributed by atoms with Gasteiger partial charge in [-0.15, -0.1) is 0 Å². The lowest BCUT2D eigenvalue weighted by atomic mass is 10.1. The Morgan fingerprint density at radius 2 is 1.36 bits per heavy atom. The number of benzene rings is 3. The smallest absolute Gasteiger partial charge is 0.256 e. The van der Waals surface area contributed by atoms with Crippen LogP contribution in [0.3, 0.4) is 0 Å². The summed E-state index contributed by atoms with van der Waals surface area (Å²) >= 11 is 0. The number of anilines is 2. The summed E-state index contributed by atoms with van der Waals surface area (Å²) in [7, 11) is 1.61. The first-order valence-corrected chi connectivity index (χ1v) is 10.9. The van der Waals surface area contributed by atoms with Crippen LogP contribution in [0.1, 0.15) is 27.1 Å². The molecule has 0 bridgehead atoms. The molecular weight excluding hydrogens is 421 g/mol. The fourth-order valence-electron chi connectivity index (χ4n) is 3.91. The van der Waals surface area contributed by atoms with Crippen LogP contribution in [0.15, 0.2) is 72.8 Å². The average Bonchev–Trinajstić information content (AvgIpc) is 3.11. The number of hydrogen-bond acceptors (Lipinski definition) is 4. The van der Waals surface area contributed by atoms with Crippen LogP contribution in [0.25, 0.3) is 0 Å². The summed E-state index contributed by atoms with van der Waals surface area (Å²) in [4.78, 5) is 29.5. The number of nitrogens with zero attached hydrogens (tertiary/aromatic N) is 2. The molecule has 170 valence electrons. The molecule has 1 saturated heterocycles. The summed E-state index contributed by atoms with van der Waals surface area (Å²) in [6, 6.07) is 20.8. The predicted octanol–water partition coefficient (Wildman–Crippen LogP) is 4.57. The van der Waals surface area contributed by atoms with Crippen LogP contribution < -0.4 is 10.1 Å². The van der Waals surface area contributed by atoms with Crippen molar-refractivity contribution in [3.05, 3.63) is 89.7 Å². The Labute approximate surface area is 192 Å². The number of amides is 2. The highest BCUT2D eigenvalue weighted by atomic mass is 19.1. The highest BCUT2D eigenvalue weighted by Crippen LogP contribution is 2.24. The predicted molar refractivity (Wildman–Crippen MR) is 126 cm³/mol. The molecule has 1 fully saturated rings. The second-order valence-electron chi connectivity index (χ2n) is 7.82. The minimum Gasteiger partial charge on any atom is -0.497 e. The SMILES string of the molecule is COc1ccc(Nc2ccccc2C(=O)N2CCCN(C(=O)c3ccccc3F)CC2)cc1. The van der Waals surface area contributed by atoms with E-state index in [0.29, 0.717) is 43.9 Å². The fraction of sp³-hybridized carbons (Fsp3) is 0.231. The lowest BCUT2D eigenvalue weighted by Crippen LogP contribution is -2.37. The van der Waals surface area contributed by atoms with Gasteiger partial charge in [0.1, 0.15) is 11.6 Å². The molecule has 0 spiro atoms. The zero-order valence-electron chi connectivity index (χ0n) is 18.5. The number of carbonyl (C=O) groups is 2. The molecule has 0 aromatic heterocycles. The van der Waals surface area contributed by atoms with Crippen LogP contribution >= 0.6 is 0 Å². The Balaban J connectivity index is 1.46. The van der Waals surface area contributed by atoms with E-state index in [9.17, 15) is 14.0 Å². The van der Waals surface area contributed by atoms with E-state index in [2.05, 4.69) is 5.32 Å². The topological polar surface area (TPSA) is 61.9 Å². The van der Waals surface area contributed by atoms with Gasteiger partial charge in [0.05, 0.1) is 23.9 Å². The molecule has 4 rings (SSSR count). The van der Waals surface area contributed by atoms with Gasteiger partial charge in [-0.1, -0.05) is 24.3 Å². The molecule has 1 aliphatic rings. The maximum Gasteiger partial charge on any atom is 0.256 e. The molecule has 3 aromatic rings. The van der Waals surface area contributed by atoms with E-state index in [0.717, 1.165) is 11.4 Å². The maximum absolute atomic E-state index is 14.1. The Morgan fingerprint density at radius 1 is 0.788 bits per heavy atom. The van der Waals surface area contributed by atoms with Crippen LogP contribution in [0.2, 0.25) is 0 Å². The molecule has 1 heterocycles. The number of hydrogen-bond donors (Lipinski definition) is 1. The molecule has 0 radical (unpaired) electrons. The van der Waals surface area contributed by atoms with Crippen molar-refractivity contribution in [3.63, 3.8) is 0 Å². The first-order valence-electron chi connectivity index (χ1n) is 10.9. The van der Waals surface area contributed by atoms with E-state index in [1.807, 2.05) is 42.5 Å². The molecule has 0 unspecified atom stereocenters. The number of carbonyl (C=O) groups excluding carboxylic acids is 2. The van der Waals surface area contributed by atoms with Crippen LogP contribution in [-0.4, -0.2) is 54.9 Å². The van der Waals surface area contributed by atoms with Crippen LogP contribution in [0.4, 0.5) is 15.8 Å². The van der Waals surface area contributed by atoms with Crippen LogP contribution in [-0.2, 0) is 0 Å². The first-order chi connectivity index (χ1) is 16.1. The van der Waals surface area contributed by atoms with Gasteiger partial charge in [-0.3, -0.25) is 9.59 Å². The number of para-hydroxylation sites is 1. The average molecular weight is 448 g/mol. The summed E-state index contributed by atoms with van der Waals surface area (Å²) in [5.74, 6) is -0.224. The van der Waals surface area contributed by atoms with Crippen molar-refractivity contribution in [2.45, 2.75) is 6.42 Å². The molecule has 0 saturated carbocycles. The summed E-state index contributed by atoms with van der Waals surface area (Å²) < 4.78 is 19.3. The highest BCUT2D eigenvalue weighted by Gasteiger charge is 2.25. The van der Waals surface area contributed by atoms with Crippen LogP contribution in [0.5, 0.6) is 5.75 Å². The van der Waals surface area contributed by atoms with Crippen molar-refractivity contribution < 1.29 is 18.7 Å². The van der Waals surface area contributed by atoms with Crippen molar-refractivity contribution in [1.82, 2.24) is 9.80 Å². The molecule has 3 aromatic carbocycles. The van der Waals surface area contributed by atoms with Gasteiger partial charge in [-0.05, 0) is 55.0 Å². The Bertz CT molecular complexity index is 1130. The zero-order valence-corrected chi connectivity index (χ0v) is 18.5. The second kappa shape index (κ2) is 10.2. The fourth-order valence-corrected chi connectivity index (χ4v) is 3.91.